The van der Waals surface area contributed by atoms with E-state index in [1.807, 2.05) is 39.0 Å². The second-order valence-corrected chi connectivity index (χ2v) is 24.2. The number of nitrogens with zero attached hydrogens (tertiary/aromatic N) is 3. The number of benzene rings is 1. The summed E-state index contributed by atoms with van der Waals surface area (Å²) in [5.41, 5.74) is 0.667. The summed E-state index contributed by atoms with van der Waals surface area (Å²) in [5.74, 6) is -6.08. The lowest BCUT2D eigenvalue weighted by atomic mass is 9.89. The van der Waals surface area contributed by atoms with E-state index in [1.165, 1.54) is 26.2 Å². The van der Waals surface area contributed by atoms with Crippen LogP contribution >= 0.6 is 0 Å². The van der Waals surface area contributed by atoms with E-state index in [0.717, 1.165) is 4.90 Å². The van der Waals surface area contributed by atoms with Crippen molar-refractivity contribution in [2.75, 3.05) is 54.6 Å². The van der Waals surface area contributed by atoms with Gasteiger partial charge in [-0.2, -0.15) is 0 Å². The van der Waals surface area contributed by atoms with Crippen LogP contribution < -0.4 is 21.3 Å². The zero-order valence-electron chi connectivity index (χ0n) is 54.8. The number of aliphatic hydroxyl groups excluding tert-OH is 2. The van der Waals surface area contributed by atoms with Gasteiger partial charge in [-0.15, -0.1) is 0 Å². The Bertz CT molecular complexity index is 2250. The van der Waals surface area contributed by atoms with E-state index in [0.29, 0.717) is 37.8 Å². The Kier molecular flexibility index (Phi) is 33.7. The fourth-order valence-corrected chi connectivity index (χ4v) is 10.5. The van der Waals surface area contributed by atoms with E-state index >= 15 is 0 Å². The maximum absolute atomic E-state index is 14.8. The molecule has 2 rings (SSSR count). The average molecular weight is 1220 g/mol. The van der Waals surface area contributed by atoms with Gasteiger partial charge in [0.1, 0.15) is 24.7 Å². The fourth-order valence-electron chi connectivity index (χ4n) is 10.5. The number of ether oxygens (including phenoxy) is 7. The molecule has 14 atom stereocenters. The maximum Gasteiger partial charge on any atom is 0.413 e. The van der Waals surface area contributed by atoms with Crippen LogP contribution in [-0.2, 0) is 61.9 Å². The summed E-state index contributed by atoms with van der Waals surface area (Å²) >= 11 is 0. The van der Waals surface area contributed by atoms with E-state index in [-0.39, 0.29) is 56.4 Å². The number of rotatable bonds is 37. The first kappa shape index (κ1) is 76.4. The Labute approximate surface area is 511 Å². The van der Waals surface area contributed by atoms with Crippen LogP contribution in [0.1, 0.15) is 154 Å². The molecular formula is C62H107N7O17. The van der Waals surface area contributed by atoms with Crippen molar-refractivity contribution in [3.05, 3.63) is 35.9 Å². The van der Waals surface area contributed by atoms with Gasteiger partial charge in [-0.05, 0) is 69.3 Å². The van der Waals surface area contributed by atoms with Crippen LogP contribution in [0.15, 0.2) is 30.3 Å². The number of hydrogen-bond donors (Lipinski definition) is 6. The molecule has 6 N–H and O–H groups in total. The molecule has 1 aliphatic rings. The van der Waals surface area contributed by atoms with Gasteiger partial charge in [-0.1, -0.05) is 120 Å². The van der Waals surface area contributed by atoms with Gasteiger partial charge in [0, 0.05) is 53.7 Å². The van der Waals surface area contributed by atoms with Crippen LogP contribution in [0, 0.1) is 35.5 Å². The van der Waals surface area contributed by atoms with Crippen molar-refractivity contribution in [1.82, 2.24) is 36.0 Å². The molecule has 24 heteroatoms. The number of carbonyl (C=O) groups is 8. The molecule has 1 saturated heterocycles. The molecule has 1 heterocycles. The normalized spacial score (nSPS) is 18.1. The van der Waals surface area contributed by atoms with Crippen molar-refractivity contribution in [3.63, 3.8) is 0 Å². The Hall–Kier alpha value is -5.66. The molecule has 7 amide bonds. The molecule has 492 valence electrons. The van der Waals surface area contributed by atoms with Gasteiger partial charge in [0.2, 0.25) is 29.5 Å². The Morgan fingerprint density at radius 2 is 1.36 bits per heavy atom. The molecule has 3 unspecified atom stereocenters. The number of carbonyl (C=O) groups excluding carboxylic acids is 8. The molecule has 86 heavy (non-hydrogen) atoms. The minimum Gasteiger partial charge on any atom is -0.444 e. The first-order chi connectivity index (χ1) is 40.4. The average Bonchev–Trinajstić information content (AvgIpc) is 2.27. The second-order valence-electron chi connectivity index (χ2n) is 24.2. The van der Waals surface area contributed by atoms with Crippen LogP contribution in [0.5, 0.6) is 0 Å². The first-order valence-electron chi connectivity index (χ1n) is 30.6. The number of aliphatic hydroxyl groups is 2. The number of likely N-dealkylation sites (N-methyl/N-ethyl adjacent to an activating group) is 2. The third-order valence-electron chi connectivity index (χ3n) is 15.7. The molecule has 0 aromatic heterocycles. The van der Waals surface area contributed by atoms with Crippen molar-refractivity contribution in [2.24, 2.45) is 35.5 Å². The highest BCUT2D eigenvalue weighted by Gasteiger charge is 2.44. The number of hydrogen-bond acceptors (Lipinski definition) is 17. The van der Waals surface area contributed by atoms with Crippen molar-refractivity contribution in [2.45, 2.75) is 222 Å². The quantitative estimate of drug-likeness (QED) is 0.0344. The highest BCUT2D eigenvalue weighted by Crippen LogP contribution is 2.30. The van der Waals surface area contributed by atoms with Crippen molar-refractivity contribution >= 4 is 47.7 Å². The molecule has 24 nitrogen and oxygen atoms in total. The van der Waals surface area contributed by atoms with E-state index in [9.17, 15) is 48.6 Å². The van der Waals surface area contributed by atoms with E-state index in [4.69, 9.17) is 33.2 Å². The summed E-state index contributed by atoms with van der Waals surface area (Å²) in [4.78, 5) is 115. The summed E-state index contributed by atoms with van der Waals surface area (Å²) < 4.78 is 40.1. The standard InChI is InChI=1S/C62H107N7O17/c1-20-40(13)53(46(80-18)32-48(72)69-31-25-28-45(69)55(81-19)41(14)56(74)64-42(15)54(73)43-26-23-22-24-27-43)67(16)58(76)50(35(3)4)66-57(75)52(37(7)8)68(17)62(79)86-60(38(9)10)85-59(77)51(36(5)6)65-47(71)29-30-63-61(78)82-34-49(83-39(11)12)84-44(21-2)33-70/h22-24,26-27,35-42,44-46,49-55,60,70,73H,20-21,25,28-34H2,1-19H3,(H,63,78)(H,64,74)(H,65,71)(H,66,75)/t40-,41+,42+,44?,45-,46+,49?,50-,51-,52-,53-,54+,55+,60?/m0/s1. The first-order valence-corrected chi connectivity index (χ1v) is 30.6. The molecular weight excluding hydrogens is 1110 g/mol. The van der Waals surface area contributed by atoms with Gasteiger partial charge in [0.25, 0.3) is 6.29 Å². The summed E-state index contributed by atoms with van der Waals surface area (Å²) in [6.07, 6.45) is -5.36. The Balaban J connectivity index is 2.20. The van der Waals surface area contributed by atoms with Crippen molar-refractivity contribution < 1.29 is 81.7 Å². The summed E-state index contributed by atoms with van der Waals surface area (Å²) in [7, 11) is 5.99. The maximum atomic E-state index is 14.8. The van der Waals surface area contributed by atoms with Crippen LogP contribution in [0.3, 0.4) is 0 Å². The highest BCUT2D eigenvalue weighted by molar-refractivity contribution is 5.92. The number of alkyl carbamates (subject to hydrolysis) is 1. The van der Waals surface area contributed by atoms with Crippen LogP contribution in [0.25, 0.3) is 0 Å². The van der Waals surface area contributed by atoms with E-state index in [2.05, 4.69) is 21.3 Å². The molecule has 0 bridgehead atoms. The SMILES string of the molecule is CCC(CO)OC(COC(=O)NCCC(=O)N[C@H](C(=O)OC(OC(=O)N(C)[C@H](C(=O)N[C@H](C(=O)N(C)[C@@H]([C@@H](C)CC)[C@@H](CC(=O)N1CCC[C@H]1[C@H](OC)[C@@H](C)C(=O)N[C@H](C)[C@@H](O)c1ccccc1)OC)C(C)C)C(C)C)C(C)C)C(C)C)OC(C)C. The van der Waals surface area contributed by atoms with Gasteiger partial charge in [-0.25, -0.2) is 14.4 Å². The van der Waals surface area contributed by atoms with Crippen LogP contribution in [0.2, 0.25) is 0 Å². The van der Waals surface area contributed by atoms with Gasteiger partial charge in [-0.3, -0.25) is 28.9 Å². The zero-order chi connectivity index (χ0) is 65.3. The van der Waals surface area contributed by atoms with Gasteiger partial charge >= 0.3 is 18.2 Å². The monoisotopic (exact) mass is 1220 g/mol. The number of amides is 7. The Morgan fingerprint density at radius 3 is 1.88 bits per heavy atom. The van der Waals surface area contributed by atoms with Crippen molar-refractivity contribution in [1.29, 1.82) is 0 Å². The molecule has 1 aromatic rings. The number of methoxy groups -OCH3 is 2. The third kappa shape index (κ3) is 23.5. The minimum absolute atomic E-state index is 0.101. The molecule has 0 aliphatic carbocycles. The molecule has 0 radical (unpaired) electrons. The predicted octanol–water partition coefficient (Wildman–Crippen LogP) is 5.70. The predicted molar refractivity (Wildman–Crippen MR) is 322 cm³/mol. The molecule has 1 aromatic carbocycles. The van der Waals surface area contributed by atoms with Gasteiger partial charge in [0.05, 0.1) is 67.6 Å². The minimum atomic E-state index is -1.46. The van der Waals surface area contributed by atoms with Crippen LogP contribution in [0.4, 0.5) is 9.59 Å². The third-order valence-corrected chi connectivity index (χ3v) is 15.7. The zero-order valence-corrected chi connectivity index (χ0v) is 54.8. The highest BCUT2D eigenvalue weighted by atomic mass is 16.7. The topological polar surface area (TPSA) is 299 Å². The lowest BCUT2D eigenvalue weighted by Crippen LogP contribution is -2.60. The number of nitrogens with one attached hydrogen (secondary N) is 4. The molecule has 1 fully saturated rings. The number of esters is 1. The summed E-state index contributed by atoms with van der Waals surface area (Å²) in [6.45, 7) is 26.2. The molecule has 0 spiro atoms. The summed E-state index contributed by atoms with van der Waals surface area (Å²) in [5, 5.41) is 31.4. The van der Waals surface area contributed by atoms with Crippen LogP contribution in [-0.4, -0.2) is 200 Å². The lowest BCUT2D eigenvalue weighted by Gasteiger charge is -2.41. The molecule has 1 aliphatic heterocycles. The lowest BCUT2D eigenvalue weighted by molar-refractivity contribution is -0.209. The van der Waals surface area contributed by atoms with E-state index < -0.39 is 139 Å². The van der Waals surface area contributed by atoms with E-state index in [1.54, 1.807) is 107 Å². The van der Waals surface area contributed by atoms with Gasteiger partial charge in [0.15, 0.2) is 6.29 Å². The Morgan fingerprint density at radius 1 is 0.733 bits per heavy atom. The largest absolute Gasteiger partial charge is 0.444 e. The smallest absolute Gasteiger partial charge is 0.413 e. The second kappa shape index (κ2) is 37.9. The van der Waals surface area contributed by atoms with Gasteiger partial charge < -0.3 is 74.4 Å². The molecule has 0 saturated carbocycles. The summed E-state index contributed by atoms with van der Waals surface area (Å²) in [6, 6.07) is 3.89. The van der Waals surface area contributed by atoms with Crippen molar-refractivity contribution in [3.8, 4) is 0 Å². The number of likely N-dealkylation sites (tertiary alicyclic amines) is 1. The fraction of sp³-hybridized carbons (Fsp3) is 0.774.